The van der Waals surface area contributed by atoms with Crippen LogP contribution < -0.4 is 5.73 Å². The van der Waals surface area contributed by atoms with E-state index in [0.29, 0.717) is 19.3 Å². The van der Waals surface area contributed by atoms with Crippen LogP contribution >= 0.6 is 22.6 Å². The van der Waals surface area contributed by atoms with E-state index in [9.17, 15) is 9.59 Å². The number of aryl methyl sites for hydroxylation is 2. The average molecular weight is 848 g/mol. The Morgan fingerprint density at radius 1 is 0.750 bits per heavy atom. The monoisotopic (exact) mass is 847 g/mol. The van der Waals surface area contributed by atoms with Crippen LogP contribution in [0.5, 0.6) is 0 Å². The van der Waals surface area contributed by atoms with Crippen LogP contribution in [0.4, 0.5) is 0 Å². The molecule has 3 N–H and O–H groups in total. The molecule has 0 radical (unpaired) electrons. The van der Waals surface area contributed by atoms with Gasteiger partial charge in [-0.05, 0) is 123 Å². The van der Waals surface area contributed by atoms with Crippen LogP contribution in [-0.2, 0) is 17.6 Å². The minimum absolute atomic E-state index is 0.0121. The van der Waals surface area contributed by atoms with Crippen molar-refractivity contribution in [2.24, 2.45) is 5.73 Å². The van der Waals surface area contributed by atoms with E-state index in [1.807, 2.05) is 41.0 Å². The van der Waals surface area contributed by atoms with Crippen LogP contribution in [0.25, 0.3) is 44.3 Å². The Balaban J connectivity index is 0.000000157. The van der Waals surface area contributed by atoms with E-state index < -0.39 is 0 Å². The molecule has 1 amide bonds. The Morgan fingerprint density at radius 2 is 1.36 bits per heavy atom. The lowest BCUT2D eigenvalue weighted by Crippen LogP contribution is -2.25. The van der Waals surface area contributed by atoms with Crippen LogP contribution in [0.2, 0.25) is 0 Å². The number of nitrogens with one attached hydrogen (secondary N) is 1. The highest BCUT2D eigenvalue weighted by molar-refractivity contribution is 14.1. The summed E-state index contributed by atoms with van der Waals surface area (Å²) in [6.07, 6.45) is 2.25. The van der Waals surface area contributed by atoms with Crippen molar-refractivity contribution in [2.45, 2.75) is 51.4 Å². The van der Waals surface area contributed by atoms with Crippen LogP contribution in [0, 0.1) is 17.4 Å². The van der Waals surface area contributed by atoms with Crippen molar-refractivity contribution in [3.05, 3.63) is 177 Å². The summed E-state index contributed by atoms with van der Waals surface area (Å²) in [5.74, 6) is 1.77. The molecule has 0 spiro atoms. The molecule has 0 saturated heterocycles. The molecule has 278 valence electrons. The molecule has 2 aromatic heterocycles. The molecule has 2 unspecified atom stereocenters. The van der Waals surface area contributed by atoms with Crippen molar-refractivity contribution < 1.29 is 9.59 Å². The summed E-state index contributed by atoms with van der Waals surface area (Å²) in [7, 11) is 0. The molecule has 1 aliphatic rings. The first kappa shape index (κ1) is 37.1. The van der Waals surface area contributed by atoms with Gasteiger partial charge in [-0.1, -0.05) is 109 Å². The van der Waals surface area contributed by atoms with Gasteiger partial charge in [-0.15, -0.1) is 0 Å². The zero-order chi connectivity index (χ0) is 38.8. The minimum atomic E-state index is -0.303. The number of carbonyl (C=O) groups excluding carboxylic acids is 2. The highest BCUT2D eigenvalue weighted by atomic mass is 127. The number of hydrogen-bond donors (Lipinski definition) is 2. The molecule has 0 saturated carbocycles. The number of hydrogen-bond acceptors (Lipinski definition) is 4. The van der Waals surface area contributed by atoms with E-state index in [0.717, 1.165) is 54.8 Å². The predicted molar refractivity (Wildman–Crippen MR) is 234 cm³/mol. The molecular formula is C48H42IN5O2. The van der Waals surface area contributed by atoms with E-state index in [4.69, 9.17) is 10.7 Å². The number of carbonyl (C=O) groups is 2. The Hall–Kier alpha value is -5.87. The smallest absolute Gasteiger partial charge is 0.233 e. The maximum atomic E-state index is 13.0. The second-order valence-corrected chi connectivity index (χ2v) is 15.9. The molecule has 1 aliphatic heterocycles. The van der Waals surface area contributed by atoms with Gasteiger partial charge in [0.2, 0.25) is 11.8 Å². The fourth-order valence-electron chi connectivity index (χ4n) is 7.70. The van der Waals surface area contributed by atoms with Gasteiger partial charge in [0, 0.05) is 29.3 Å². The fourth-order valence-corrected chi connectivity index (χ4v) is 8.19. The third-order valence-electron chi connectivity index (χ3n) is 10.8. The summed E-state index contributed by atoms with van der Waals surface area (Å²) in [5, 5.41) is 0. The molecule has 56 heavy (non-hydrogen) atoms. The van der Waals surface area contributed by atoms with E-state index in [-0.39, 0.29) is 23.7 Å². The number of aromatic amines is 1. The maximum Gasteiger partial charge on any atom is 0.233 e. The van der Waals surface area contributed by atoms with Gasteiger partial charge < -0.3 is 10.7 Å². The van der Waals surface area contributed by atoms with E-state index >= 15 is 0 Å². The van der Waals surface area contributed by atoms with Crippen LogP contribution in [0.3, 0.4) is 0 Å². The highest BCUT2D eigenvalue weighted by Gasteiger charge is 2.29. The van der Waals surface area contributed by atoms with Crippen LogP contribution in [-0.4, -0.2) is 31.3 Å². The predicted octanol–water partition coefficient (Wildman–Crippen LogP) is 10.7. The zero-order valence-corrected chi connectivity index (χ0v) is 33.5. The molecule has 3 heterocycles. The number of rotatable bonds is 8. The first-order valence-corrected chi connectivity index (χ1v) is 20.0. The summed E-state index contributed by atoms with van der Waals surface area (Å²) in [6, 6.07) is 47.9. The Bertz CT molecular complexity index is 2670. The van der Waals surface area contributed by atoms with Crippen molar-refractivity contribution >= 4 is 56.5 Å². The van der Waals surface area contributed by atoms with E-state index in [1.165, 1.54) is 33.4 Å². The molecule has 0 aliphatic carbocycles. The Kier molecular flexibility index (Phi) is 10.6. The highest BCUT2D eigenvalue weighted by Crippen LogP contribution is 2.34. The second kappa shape index (κ2) is 16.1. The SMILES string of the molecule is Cc1cc2nc3n(c2cc1C)C(=O)CC(c1ccc(-c2ccccc2)cc1)C3.NC(=O)CC(Cc1nc2ccc(I)cc2[nH]1)c1ccc(-c2ccccc2)cc1. The number of benzene rings is 6. The second-order valence-electron chi connectivity index (χ2n) is 14.7. The summed E-state index contributed by atoms with van der Waals surface area (Å²) in [6.45, 7) is 4.17. The number of nitrogens with zero attached hydrogens (tertiary/aromatic N) is 3. The summed E-state index contributed by atoms with van der Waals surface area (Å²) >= 11 is 2.29. The van der Waals surface area contributed by atoms with Gasteiger partial charge in [-0.25, -0.2) is 9.97 Å². The third kappa shape index (κ3) is 8.07. The maximum absolute atomic E-state index is 13.0. The lowest BCUT2D eigenvalue weighted by atomic mass is 9.88. The molecule has 0 fully saturated rings. The number of imidazole rings is 2. The van der Waals surface area contributed by atoms with Gasteiger partial charge in [-0.2, -0.15) is 0 Å². The summed E-state index contributed by atoms with van der Waals surface area (Å²) < 4.78 is 2.99. The number of halogens is 1. The summed E-state index contributed by atoms with van der Waals surface area (Å²) in [4.78, 5) is 37.5. The quantitative estimate of drug-likeness (QED) is 0.149. The standard InChI is InChI=1S/C25H22N2O.C23H20IN3O/c1-16-12-22-23(13-17(16)2)27-24(26-22)14-21(15-25(27)28)20-10-8-19(9-11-20)18-6-4-3-5-7-18;24-19-10-11-20-21(14-19)27-23(26-20)13-18(12-22(25)28)17-8-6-16(7-9-17)15-4-2-1-3-5-15/h3-13,21H,14-15H2,1-2H3;1-11,14,18H,12-13H2,(H2,25,28)(H,26,27). The first-order valence-electron chi connectivity index (χ1n) is 18.9. The van der Waals surface area contributed by atoms with Gasteiger partial charge in [0.1, 0.15) is 11.6 Å². The third-order valence-corrected chi connectivity index (χ3v) is 11.5. The molecule has 8 aromatic rings. The topological polar surface area (TPSA) is 107 Å². The van der Waals surface area contributed by atoms with Crippen LogP contribution in [0.1, 0.15) is 63.4 Å². The van der Waals surface area contributed by atoms with Gasteiger partial charge in [0.15, 0.2) is 0 Å². The van der Waals surface area contributed by atoms with Crippen molar-refractivity contribution in [3.63, 3.8) is 0 Å². The van der Waals surface area contributed by atoms with Crippen molar-refractivity contribution in [1.82, 2.24) is 19.5 Å². The number of primary amides is 1. The molecule has 2 atom stereocenters. The Labute approximate surface area is 340 Å². The molecule has 0 bridgehead atoms. The molecule has 7 nitrogen and oxygen atoms in total. The lowest BCUT2D eigenvalue weighted by molar-refractivity contribution is -0.118. The largest absolute Gasteiger partial charge is 0.370 e. The molecule has 6 aromatic carbocycles. The number of nitrogens with two attached hydrogens (primary N) is 1. The zero-order valence-electron chi connectivity index (χ0n) is 31.4. The molecule has 9 rings (SSSR count). The van der Waals surface area contributed by atoms with E-state index in [1.54, 1.807) is 0 Å². The van der Waals surface area contributed by atoms with Gasteiger partial charge >= 0.3 is 0 Å². The van der Waals surface area contributed by atoms with Crippen LogP contribution in [0.15, 0.2) is 140 Å². The Morgan fingerprint density at radius 3 is 2.00 bits per heavy atom. The molecule has 8 heteroatoms. The average Bonchev–Trinajstić information content (AvgIpc) is 3.78. The van der Waals surface area contributed by atoms with Gasteiger partial charge in [0.05, 0.1) is 22.1 Å². The van der Waals surface area contributed by atoms with Crippen molar-refractivity contribution in [1.29, 1.82) is 0 Å². The van der Waals surface area contributed by atoms with Crippen molar-refractivity contribution in [2.75, 3.05) is 0 Å². The normalized spacial score (nSPS) is 14.3. The summed E-state index contributed by atoms with van der Waals surface area (Å²) in [5.41, 5.74) is 18.8. The van der Waals surface area contributed by atoms with Crippen molar-refractivity contribution in [3.8, 4) is 22.3 Å². The number of fused-ring (bicyclic) bond motifs is 4. The fraction of sp³-hybridized carbons (Fsp3) is 0.167. The van der Waals surface area contributed by atoms with Gasteiger partial charge in [0.25, 0.3) is 0 Å². The lowest BCUT2D eigenvalue weighted by Gasteiger charge is -2.23. The minimum Gasteiger partial charge on any atom is -0.370 e. The number of amides is 1. The first-order chi connectivity index (χ1) is 27.2. The number of H-pyrrole nitrogens is 1. The van der Waals surface area contributed by atoms with Gasteiger partial charge in [-0.3, -0.25) is 14.2 Å². The van der Waals surface area contributed by atoms with E-state index in [2.05, 4.69) is 150 Å². The molecular weight excluding hydrogens is 805 g/mol. The number of aromatic nitrogens is 4.